The fourth-order valence-corrected chi connectivity index (χ4v) is 2.07. The highest BCUT2D eigenvalue weighted by atomic mass is 16.5. The lowest BCUT2D eigenvalue weighted by atomic mass is 10.2. The summed E-state index contributed by atoms with van der Waals surface area (Å²) in [6.45, 7) is 0.748. The molecule has 0 atom stereocenters. The van der Waals surface area contributed by atoms with Crippen LogP contribution in [0.25, 0.3) is 0 Å². The Morgan fingerprint density at radius 3 is 2.52 bits per heavy atom. The maximum atomic E-state index is 12.0. The molecule has 0 unspecified atom stereocenters. The largest absolute Gasteiger partial charge is 0.452 e. The van der Waals surface area contributed by atoms with Crippen molar-refractivity contribution in [2.45, 2.75) is 6.92 Å². The smallest absolute Gasteiger partial charge is 0.338 e. The number of amides is 3. The Hall–Kier alpha value is -3.42. The summed E-state index contributed by atoms with van der Waals surface area (Å²) < 4.78 is 6.43. The average molecular weight is 343 g/mol. The van der Waals surface area contributed by atoms with E-state index in [0.717, 1.165) is 0 Å². The molecule has 0 fully saturated rings. The zero-order valence-corrected chi connectivity index (χ0v) is 13.7. The lowest BCUT2D eigenvalue weighted by Gasteiger charge is -2.08. The number of nitrogens with one attached hydrogen (secondary N) is 2. The van der Waals surface area contributed by atoms with Crippen molar-refractivity contribution in [1.82, 2.24) is 9.88 Å². The summed E-state index contributed by atoms with van der Waals surface area (Å²) in [7, 11) is 1.67. The van der Waals surface area contributed by atoms with Crippen molar-refractivity contribution in [2.75, 3.05) is 11.9 Å². The molecule has 0 aliphatic heterocycles. The number of hydrogen-bond acceptors (Lipinski definition) is 5. The fourth-order valence-electron chi connectivity index (χ4n) is 2.07. The van der Waals surface area contributed by atoms with Gasteiger partial charge in [-0.25, -0.2) is 4.79 Å². The average Bonchev–Trinajstić information content (AvgIpc) is 2.98. The van der Waals surface area contributed by atoms with Crippen LogP contribution in [0.2, 0.25) is 0 Å². The molecular formula is C17H17N3O5. The summed E-state index contributed by atoms with van der Waals surface area (Å²) in [6.07, 6.45) is 1.67. The normalized spacial score (nSPS) is 10.0. The van der Waals surface area contributed by atoms with Crippen molar-refractivity contribution in [2.24, 2.45) is 7.05 Å². The molecule has 1 aromatic carbocycles. The van der Waals surface area contributed by atoms with E-state index in [1.165, 1.54) is 19.1 Å². The summed E-state index contributed by atoms with van der Waals surface area (Å²) in [5.41, 5.74) is 0.917. The zero-order valence-electron chi connectivity index (χ0n) is 13.7. The quantitative estimate of drug-likeness (QED) is 0.791. The highest BCUT2D eigenvalue weighted by molar-refractivity contribution is 6.04. The van der Waals surface area contributed by atoms with Crippen LogP contribution in [0.15, 0.2) is 42.6 Å². The molecule has 130 valence electrons. The van der Waals surface area contributed by atoms with Gasteiger partial charge < -0.3 is 14.6 Å². The zero-order chi connectivity index (χ0) is 18.4. The van der Waals surface area contributed by atoms with Crippen molar-refractivity contribution in [3.05, 3.63) is 53.9 Å². The van der Waals surface area contributed by atoms with Crippen LogP contribution < -0.4 is 10.6 Å². The summed E-state index contributed by atoms with van der Waals surface area (Å²) in [6, 6.07) is 9.32. The molecule has 0 aliphatic rings. The first kappa shape index (κ1) is 17.9. The Morgan fingerprint density at radius 2 is 1.88 bits per heavy atom. The second-order valence-corrected chi connectivity index (χ2v) is 5.22. The maximum absolute atomic E-state index is 12.0. The SMILES string of the molecule is CC(=O)Nc1cccc(C(=O)OCC(=O)NC(=O)c2cccn2C)c1. The van der Waals surface area contributed by atoms with Gasteiger partial charge in [-0.2, -0.15) is 0 Å². The number of esters is 1. The van der Waals surface area contributed by atoms with Crippen molar-refractivity contribution in [3.63, 3.8) is 0 Å². The fraction of sp³-hybridized carbons (Fsp3) is 0.176. The minimum Gasteiger partial charge on any atom is -0.452 e. The van der Waals surface area contributed by atoms with E-state index < -0.39 is 24.4 Å². The highest BCUT2D eigenvalue weighted by Gasteiger charge is 2.15. The van der Waals surface area contributed by atoms with E-state index in [4.69, 9.17) is 4.74 Å². The summed E-state index contributed by atoms with van der Waals surface area (Å²) in [5.74, 6) is -2.34. The molecule has 8 heteroatoms. The molecule has 0 saturated heterocycles. The topological polar surface area (TPSA) is 106 Å². The molecule has 0 bridgehead atoms. The molecule has 0 spiro atoms. The van der Waals surface area contributed by atoms with Crippen LogP contribution in [0.3, 0.4) is 0 Å². The third kappa shape index (κ3) is 5.03. The molecule has 25 heavy (non-hydrogen) atoms. The third-order valence-electron chi connectivity index (χ3n) is 3.18. The van der Waals surface area contributed by atoms with E-state index in [-0.39, 0.29) is 11.5 Å². The number of aromatic nitrogens is 1. The standard InChI is InChI=1S/C17H17N3O5/c1-11(21)18-13-6-3-5-12(9-13)17(24)25-10-15(22)19-16(23)14-7-4-8-20(14)2/h3-9H,10H2,1-2H3,(H,18,21)(H,19,22,23). The number of imide groups is 1. The third-order valence-corrected chi connectivity index (χ3v) is 3.18. The lowest BCUT2D eigenvalue weighted by Crippen LogP contribution is -2.35. The molecule has 1 heterocycles. The van der Waals surface area contributed by atoms with E-state index in [2.05, 4.69) is 10.6 Å². The Morgan fingerprint density at radius 1 is 1.12 bits per heavy atom. The summed E-state index contributed by atoms with van der Waals surface area (Å²) in [4.78, 5) is 46.6. The number of hydrogen-bond donors (Lipinski definition) is 2. The Kier molecular flexibility index (Phi) is 5.67. The number of nitrogens with zero attached hydrogens (tertiary/aromatic N) is 1. The van der Waals surface area contributed by atoms with Crippen LogP contribution in [0.1, 0.15) is 27.8 Å². The van der Waals surface area contributed by atoms with Gasteiger partial charge in [0.1, 0.15) is 5.69 Å². The van der Waals surface area contributed by atoms with Crippen molar-refractivity contribution >= 4 is 29.4 Å². The van der Waals surface area contributed by atoms with Gasteiger partial charge in [-0.3, -0.25) is 19.7 Å². The molecule has 0 saturated carbocycles. The van der Waals surface area contributed by atoms with Gasteiger partial charge in [-0.15, -0.1) is 0 Å². The first-order chi connectivity index (χ1) is 11.9. The molecule has 2 N–H and O–H groups in total. The van der Waals surface area contributed by atoms with Crippen LogP contribution >= 0.6 is 0 Å². The molecule has 1 aromatic heterocycles. The van der Waals surface area contributed by atoms with E-state index in [1.807, 2.05) is 0 Å². The van der Waals surface area contributed by atoms with E-state index >= 15 is 0 Å². The van der Waals surface area contributed by atoms with Crippen molar-refractivity contribution < 1.29 is 23.9 Å². The van der Waals surface area contributed by atoms with Gasteiger partial charge in [0.25, 0.3) is 11.8 Å². The van der Waals surface area contributed by atoms with Crippen LogP contribution in [-0.4, -0.2) is 34.9 Å². The molecule has 2 rings (SSSR count). The maximum Gasteiger partial charge on any atom is 0.338 e. The first-order valence-electron chi connectivity index (χ1n) is 7.37. The Balaban J connectivity index is 1.89. The molecule has 0 aliphatic carbocycles. The van der Waals surface area contributed by atoms with Crippen LogP contribution in [-0.2, 0) is 21.4 Å². The number of rotatable bonds is 5. The molecular weight excluding hydrogens is 326 g/mol. The minimum atomic E-state index is -0.742. The monoisotopic (exact) mass is 343 g/mol. The number of aryl methyl sites for hydroxylation is 1. The van der Waals surface area contributed by atoms with E-state index in [9.17, 15) is 19.2 Å². The second kappa shape index (κ2) is 7.91. The van der Waals surface area contributed by atoms with Gasteiger partial charge in [-0.05, 0) is 30.3 Å². The first-order valence-corrected chi connectivity index (χ1v) is 7.37. The summed E-state index contributed by atoms with van der Waals surface area (Å²) >= 11 is 0. The van der Waals surface area contributed by atoms with Gasteiger partial charge in [0, 0.05) is 25.9 Å². The van der Waals surface area contributed by atoms with Crippen LogP contribution in [0.4, 0.5) is 5.69 Å². The second-order valence-electron chi connectivity index (χ2n) is 5.22. The number of carbonyl (C=O) groups is 4. The number of carbonyl (C=O) groups excluding carboxylic acids is 4. The van der Waals surface area contributed by atoms with Crippen molar-refractivity contribution in [1.29, 1.82) is 0 Å². The van der Waals surface area contributed by atoms with Crippen LogP contribution in [0.5, 0.6) is 0 Å². The number of ether oxygens (including phenoxy) is 1. The molecule has 2 aromatic rings. The van der Waals surface area contributed by atoms with Crippen molar-refractivity contribution in [3.8, 4) is 0 Å². The lowest BCUT2D eigenvalue weighted by molar-refractivity contribution is -0.123. The Bertz CT molecular complexity index is 825. The summed E-state index contributed by atoms with van der Waals surface area (Å²) in [5, 5.41) is 4.67. The van der Waals surface area contributed by atoms with Crippen LogP contribution in [0, 0.1) is 0 Å². The Labute approximate surface area is 143 Å². The van der Waals surface area contributed by atoms with Gasteiger partial charge in [0.05, 0.1) is 5.56 Å². The van der Waals surface area contributed by atoms with Gasteiger partial charge >= 0.3 is 5.97 Å². The molecule has 3 amide bonds. The highest BCUT2D eigenvalue weighted by Crippen LogP contribution is 2.11. The van der Waals surface area contributed by atoms with Gasteiger partial charge in [-0.1, -0.05) is 6.07 Å². The van der Waals surface area contributed by atoms with E-state index in [1.54, 1.807) is 42.1 Å². The number of benzene rings is 1. The van der Waals surface area contributed by atoms with E-state index in [0.29, 0.717) is 11.4 Å². The molecule has 8 nitrogen and oxygen atoms in total. The minimum absolute atomic E-state index is 0.174. The molecule has 0 radical (unpaired) electrons. The predicted octanol–water partition coefficient (Wildman–Crippen LogP) is 1.10. The van der Waals surface area contributed by atoms with Gasteiger partial charge in [0.2, 0.25) is 5.91 Å². The predicted molar refractivity (Wildman–Crippen MR) is 88.9 cm³/mol. The van der Waals surface area contributed by atoms with Gasteiger partial charge in [0.15, 0.2) is 6.61 Å². The number of anilines is 1.